The molecule has 3 rings (SSSR count). The number of aromatic nitrogens is 2. The SMILES string of the molecule is CC1(C(=O)O)C=CC=C(C(=O)O)C1.Cc1ccc[nH]1.c1ccncc1. The van der Waals surface area contributed by atoms with Crippen LogP contribution in [-0.2, 0) is 9.59 Å². The normalized spacial score (nSPS) is 17.9. The van der Waals surface area contributed by atoms with Crippen molar-refractivity contribution < 1.29 is 19.8 Å². The lowest BCUT2D eigenvalue weighted by molar-refractivity contribution is -0.145. The number of nitrogens with one attached hydrogen (secondary N) is 1. The number of H-pyrrole nitrogens is 1. The Bertz CT molecular complexity index is 694. The first kappa shape index (κ1) is 19.9. The van der Waals surface area contributed by atoms with Crippen molar-refractivity contribution >= 4 is 11.9 Å². The molecule has 2 heterocycles. The topological polar surface area (TPSA) is 103 Å². The number of nitrogens with zero attached hydrogens (tertiary/aromatic N) is 1. The first-order valence-electron chi connectivity index (χ1n) is 7.65. The Balaban J connectivity index is 0.000000214. The third-order valence-corrected chi connectivity index (χ3v) is 3.40. The second-order valence-corrected chi connectivity index (χ2v) is 5.63. The molecule has 1 aliphatic carbocycles. The number of carbonyl (C=O) groups is 2. The van der Waals surface area contributed by atoms with Gasteiger partial charge in [-0.1, -0.05) is 24.3 Å². The highest BCUT2D eigenvalue weighted by Gasteiger charge is 2.34. The molecule has 0 aliphatic heterocycles. The third kappa shape index (κ3) is 7.30. The molecule has 0 radical (unpaired) electrons. The van der Waals surface area contributed by atoms with Crippen LogP contribution in [0.2, 0.25) is 0 Å². The lowest BCUT2D eigenvalue weighted by atomic mass is 9.80. The number of pyridine rings is 1. The molecule has 0 saturated carbocycles. The summed E-state index contributed by atoms with van der Waals surface area (Å²) < 4.78 is 0. The van der Waals surface area contributed by atoms with Crippen molar-refractivity contribution in [2.75, 3.05) is 0 Å². The van der Waals surface area contributed by atoms with Crippen LogP contribution in [0.3, 0.4) is 0 Å². The molecule has 1 aliphatic rings. The average Bonchev–Trinajstić information content (AvgIpc) is 3.08. The Morgan fingerprint density at radius 3 is 2.16 bits per heavy atom. The van der Waals surface area contributed by atoms with E-state index < -0.39 is 17.4 Å². The number of aliphatic carboxylic acids is 2. The Morgan fingerprint density at radius 1 is 1.16 bits per heavy atom. The molecule has 0 aromatic carbocycles. The van der Waals surface area contributed by atoms with E-state index in [2.05, 4.69) is 9.97 Å². The van der Waals surface area contributed by atoms with Crippen molar-refractivity contribution in [2.24, 2.45) is 5.41 Å². The van der Waals surface area contributed by atoms with Gasteiger partial charge in [0.15, 0.2) is 0 Å². The summed E-state index contributed by atoms with van der Waals surface area (Å²) in [7, 11) is 0. The fraction of sp³-hybridized carbons (Fsp3) is 0.211. The summed E-state index contributed by atoms with van der Waals surface area (Å²) in [6, 6.07) is 9.72. The van der Waals surface area contributed by atoms with Gasteiger partial charge in [0.2, 0.25) is 0 Å². The number of allylic oxidation sites excluding steroid dienone is 2. The van der Waals surface area contributed by atoms with Crippen LogP contribution in [0.15, 0.2) is 72.7 Å². The molecule has 6 nitrogen and oxygen atoms in total. The number of carboxylic acids is 2. The molecule has 2 aromatic heterocycles. The maximum Gasteiger partial charge on any atom is 0.331 e. The van der Waals surface area contributed by atoms with Crippen LogP contribution < -0.4 is 0 Å². The highest BCUT2D eigenvalue weighted by atomic mass is 16.4. The van der Waals surface area contributed by atoms with Crippen LogP contribution in [0.1, 0.15) is 19.0 Å². The Labute approximate surface area is 146 Å². The van der Waals surface area contributed by atoms with Crippen LogP contribution >= 0.6 is 0 Å². The summed E-state index contributed by atoms with van der Waals surface area (Å²) in [4.78, 5) is 28.1. The van der Waals surface area contributed by atoms with Gasteiger partial charge in [0.1, 0.15) is 0 Å². The zero-order valence-electron chi connectivity index (χ0n) is 14.2. The van der Waals surface area contributed by atoms with Gasteiger partial charge in [-0.3, -0.25) is 9.78 Å². The lowest BCUT2D eigenvalue weighted by Gasteiger charge is -2.23. The first-order chi connectivity index (χ1) is 11.8. The Morgan fingerprint density at radius 2 is 1.84 bits per heavy atom. The van der Waals surface area contributed by atoms with Crippen LogP contribution in [0.4, 0.5) is 0 Å². The molecule has 0 amide bonds. The van der Waals surface area contributed by atoms with Gasteiger partial charge in [0.25, 0.3) is 0 Å². The number of hydrogen-bond donors (Lipinski definition) is 3. The number of aromatic amines is 1. The van der Waals surface area contributed by atoms with Crippen molar-refractivity contribution in [1.29, 1.82) is 0 Å². The van der Waals surface area contributed by atoms with Gasteiger partial charge in [0, 0.05) is 29.9 Å². The Hall–Kier alpha value is -3.15. The first-order valence-corrected chi connectivity index (χ1v) is 7.65. The molecule has 1 atom stereocenters. The van der Waals surface area contributed by atoms with Crippen LogP contribution in [-0.4, -0.2) is 32.1 Å². The highest BCUT2D eigenvalue weighted by Crippen LogP contribution is 2.31. The summed E-state index contributed by atoms with van der Waals surface area (Å²) in [5.41, 5.74) is 0.269. The largest absolute Gasteiger partial charge is 0.481 e. The minimum Gasteiger partial charge on any atom is -0.481 e. The van der Waals surface area contributed by atoms with E-state index in [9.17, 15) is 9.59 Å². The van der Waals surface area contributed by atoms with Crippen LogP contribution in [0.5, 0.6) is 0 Å². The third-order valence-electron chi connectivity index (χ3n) is 3.40. The molecule has 25 heavy (non-hydrogen) atoms. The number of carboxylic acid groups (broad SMARTS) is 2. The van der Waals surface area contributed by atoms with Gasteiger partial charge >= 0.3 is 11.9 Å². The molecule has 132 valence electrons. The van der Waals surface area contributed by atoms with Crippen molar-refractivity contribution in [3.8, 4) is 0 Å². The molecular formula is C19H22N2O4. The van der Waals surface area contributed by atoms with E-state index >= 15 is 0 Å². The quantitative estimate of drug-likeness (QED) is 0.775. The van der Waals surface area contributed by atoms with Crippen LogP contribution in [0, 0.1) is 12.3 Å². The molecule has 0 saturated heterocycles. The molecular weight excluding hydrogens is 320 g/mol. The maximum atomic E-state index is 10.8. The fourth-order valence-electron chi connectivity index (χ4n) is 1.92. The molecule has 0 spiro atoms. The van der Waals surface area contributed by atoms with E-state index in [4.69, 9.17) is 10.2 Å². The predicted octanol–water partition coefficient (Wildman–Crippen LogP) is 3.45. The highest BCUT2D eigenvalue weighted by molar-refractivity contribution is 5.90. The Kier molecular flexibility index (Phi) is 7.86. The molecule has 2 aromatic rings. The second-order valence-electron chi connectivity index (χ2n) is 5.63. The van der Waals surface area contributed by atoms with Crippen molar-refractivity contribution in [3.05, 3.63) is 78.4 Å². The average molecular weight is 342 g/mol. The second kappa shape index (κ2) is 9.87. The standard InChI is InChI=1S/C9H10O4.C5H7N.C5H5N/c1-9(8(12)13)4-2-3-6(5-9)7(10)11;1-5-3-2-4-6-5;1-2-4-6-5-3-1/h2-4H,5H2,1H3,(H,10,11)(H,12,13);2-4,6H,1H3;1-5H. The van der Waals surface area contributed by atoms with Gasteiger partial charge in [-0.15, -0.1) is 0 Å². The van der Waals surface area contributed by atoms with Gasteiger partial charge in [-0.25, -0.2) is 4.79 Å². The van der Waals surface area contributed by atoms with E-state index in [1.165, 1.54) is 30.8 Å². The minimum absolute atomic E-state index is 0.0359. The molecule has 0 fully saturated rings. The smallest absolute Gasteiger partial charge is 0.331 e. The van der Waals surface area contributed by atoms with Gasteiger partial charge < -0.3 is 15.2 Å². The van der Waals surface area contributed by atoms with E-state index in [-0.39, 0.29) is 12.0 Å². The van der Waals surface area contributed by atoms with E-state index in [1.807, 2.05) is 43.5 Å². The minimum atomic E-state index is -1.08. The molecule has 1 unspecified atom stereocenters. The summed E-state index contributed by atoms with van der Waals surface area (Å²) >= 11 is 0. The monoisotopic (exact) mass is 342 g/mol. The van der Waals surface area contributed by atoms with E-state index in [0.29, 0.717) is 0 Å². The summed E-state index contributed by atoms with van der Waals surface area (Å²) in [6.07, 6.45) is 9.85. The van der Waals surface area contributed by atoms with Crippen LogP contribution in [0.25, 0.3) is 0 Å². The number of hydrogen-bond acceptors (Lipinski definition) is 3. The van der Waals surface area contributed by atoms with Gasteiger partial charge in [0.05, 0.1) is 5.41 Å². The van der Waals surface area contributed by atoms with E-state index in [0.717, 1.165) is 0 Å². The summed E-state index contributed by atoms with van der Waals surface area (Å²) in [5, 5.41) is 17.5. The number of rotatable bonds is 2. The zero-order chi connectivity index (χ0) is 18.7. The fourth-order valence-corrected chi connectivity index (χ4v) is 1.92. The van der Waals surface area contributed by atoms with Crippen molar-refractivity contribution in [3.63, 3.8) is 0 Å². The summed E-state index contributed by atoms with van der Waals surface area (Å²) in [6.45, 7) is 3.53. The summed E-state index contributed by atoms with van der Waals surface area (Å²) in [5.74, 6) is -2.06. The van der Waals surface area contributed by atoms with E-state index in [1.54, 1.807) is 12.4 Å². The van der Waals surface area contributed by atoms with Crippen molar-refractivity contribution in [1.82, 2.24) is 9.97 Å². The van der Waals surface area contributed by atoms with Crippen molar-refractivity contribution in [2.45, 2.75) is 20.3 Å². The zero-order valence-corrected chi connectivity index (χ0v) is 14.2. The predicted molar refractivity (Wildman–Crippen MR) is 95.0 cm³/mol. The molecule has 3 N–H and O–H groups in total. The molecule has 0 bridgehead atoms. The van der Waals surface area contributed by atoms with Gasteiger partial charge in [-0.05, 0) is 44.5 Å². The number of aryl methyl sites for hydroxylation is 1. The van der Waals surface area contributed by atoms with Gasteiger partial charge in [-0.2, -0.15) is 0 Å². The maximum absolute atomic E-state index is 10.8. The lowest BCUT2D eigenvalue weighted by Crippen LogP contribution is -2.28. The molecule has 6 heteroatoms.